The molecule has 4 heteroatoms. The molecule has 1 heterocycles. The molecule has 0 spiro atoms. The van der Waals surface area contributed by atoms with Crippen LogP contribution in [0.5, 0.6) is 0 Å². The molecule has 0 radical (unpaired) electrons. The van der Waals surface area contributed by atoms with Crippen molar-refractivity contribution in [3.63, 3.8) is 0 Å². The number of allylic oxidation sites excluding steroid dienone is 4. The lowest BCUT2D eigenvalue weighted by Crippen LogP contribution is -2.46. The Balaban J connectivity index is 2.08. The molecule has 0 aromatic carbocycles. The van der Waals surface area contributed by atoms with Gasteiger partial charge in [-0.2, -0.15) is 0 Å². The van der Waals surface area contributed by atoms with Gasteiger partial charge in [0.25, 0.3) is 5.91 Å². The van der Waals surface area contributed by atoms with E-state index in [1.54, 1.807) is 20.1 Å². The van der Waals surface area contributed by atoms with Gasteiger partial charge in [-0.3, -0.25) is 9.59 Å². The third kappa shape index (κ3) is 3.52. The first-order valence-corrected chi connectivity index (χ1v) is 10.6. The molecule has 2 aliphatic carbocycles. The van der Waals surface area contributed by atoms with E-state index < -0.39 is 5.72 Å². The van der Waals surface area contributed by atoms with Gasteiger partial charge in [-0.25, -0.2) is 0 Å². The quantitative estimate of drug-likeness (QED) is 0.575. The van der Waals surface area contributed by atoms with Crippen LogP contribution in [0.2, 0.25) is 0 Å². The summed E-state index contributed by atoms with van der Waals surface area (Å²) in [6.07, 6.45) is 8.47. The number of hydrogen-bond acceptors (Lipinski definition) is 3. The maximum atomic E-state index is 13.8. The Kier molecular flexibility index (Phi) is 5.73. The molecule has 3 aliphatic rings. The van der Waals surface area contributed by atoms with Crippen LogP contribution in [-0.4, -0.2) is 24.5 Å². The number of nitrogens with one attached hydrogen (secondary N) is 1. The van der Waals surface area contributed by atoms with Gasteiger partial charge in [0.2, 0.25) is 0 Å². The van der Waals surface area contributed by atoms with E-state index in [0.29, 0.717) is 17.8 Å². The van der Waals surface area contributed by atoms with E-state index in [1.807, 2.05) is 6.92 Å². The Hall–Kier alpha value is -1.68. The molecule has 1 fully saturated rings. The highest BCUT2D eigenvalue weighted by atomic mass is 16.5. The van der Waals surface area contributed by atoms with Crippen LogP contribution in [0.25, 0.3) is 0 Å². The largest absolute Gasteiger partial charge is 0.356 e. The van der Waals surface area contributed by atoms with Gasteiger partial charge in [0.1, 0.15) is 0 Å². The fourth-order valence-electron chi connectivity index (χ4n) is 5.97. The third-order valence-electron chi connectivity index (χ3n) is 7.31. The Bertz CT molecular complexity index is 762. The molecule has 7 atom stereocenters. The number of Topliss-reactive ketones (excluding diaryl/α,β-unsaturated/α-hetero) is 1. The van der Waals surface area contributed by atoms with Crippen molar-refractivity contribution in [3.05, 3.63) is 34.9 Å². The van der Waals surface area contributed by atoms with Crippen molar-refractivity contribution in [3.8, 4) is 0 Å². The Morgan fingerprint density at radius 2 is 2.00 bits per heavy atom. The molecule has 1 saturated carbocycles. The molecule has 154 valence electrons. The van der Waals surface area contributed by atoms with E-state index in [1.165, 1.54) is 11.1 Å². The van der Waals surface area contributed by atoms with Crippen molar-refractivity contribution < 1.29 is 14.3 Å². The predicted molar refractivity (Wildman–Crippen MR) is 111 cm³/mol. The standard InChI is InChI=1S/C24H35NO3/c1-8-14(3)19-16(5)11-17-10-13(2)9-15(4)20(17)21(19)22(26)18-12-24(6,28-7)25-23(18)27/h8,11-13,15,17,19-21H,9-10H2,1-7H3,(H,25,27)/b14-8+/t13-,15+,17+,19-,20+,21-,24?/m0/s1. The van der Waals surface area contributed by atoms with Crippen molar-refractivity contribution in [2.24, 2.45) is 35.5 Å². The summed E-state index contributed by atoms with van der Waals surface area (Å²) in [6, 6.07) is 0. The number of carbonyl (C=O) groups is 2. The topological polar surface area (TPSA) is 55.4 Å². The summed E-state index contributed by atoms with van der Waals surface area (Å²) in [5, 5.41) is 2.81. The van der Waals surface area contributed by atoms with Gasteiger partial charge in [-0.1, -0.05) is 37.1 Å². The zero-order valence-corrected chi connectivity index (χ0v) is 18.3. The molecule has 3 rings (SSSR count). The van der Waals surface area contributed by atoms with Crippen LogP contribution in [0.15, 0.2) is 34.9 Å². The summed E-state index contributed by atoms with van der Waals surface area (Å²) >= 11 is 0. The van der Waals surface area contributed by atoms with Gasteiger partial charge in [0, 0.05) is 18.9 Å². The summed E-state index contributed by atoms with van der Waals surface area (Å²) in [6.45, 7) is 12.7. The molecule has 1 amide bonds. The normalized spacial score (nSPS) is 41.1. The van der Waals surface area contributed by atoms with Crippen molar-refractivity contribution in [1.82, 2.24) is 5.32 Å². The average Bonchev–Trinajstić information content (AvgIpc) is 2.94. The van der Waals surface area contributed by atoms with Crippen LogP contribution in [0, 0.1) is 35.5 Å². The van der Waals surface area contributed by atoms with E-state index in [9.17, 15) is 9.59 Å². The summed E-state index contributed by atoms with van der Waals surface area (Å²) in [5.74, 6) is 1.35. The molecule has 1 N–H and O–H groups in total. The minimum Gasteiger partial charge on any atom is -0.356 e. The van der Waals surface area contributed by atoms with E-state index >= 15 is 0 Å². The van der Waals surface area contributed by atoms with E-state index in [-0.39, 0.29) is 35.0 Å². The zero-order chi connectivity index (χ0) is 20.8. The van der Waals surface area contributed by atoms with Gasteiger partial charge in [0.15, 0.2) is 11.5 Å². The van der Waals surface area contributed by atoms with Crippen LogP contribution in [0.1, 0.15) is 54.4 Å². The second-order valence-electron chi connectivity index (χ2n) is 9.43. The fraction of sp³-hybridized carbons (Fsp3) is 0.667. The van der Waals surface area contributed by atoms with Crippen LogP contribution < -0.4 is 5.32 Å². The summed E-state index contributed by atoms with van der Waals surface area (Å²) in [7, 11) is 1.55. The summed E-state index contributed by atoms with van der Waals surface area (Å²) in [5.41, 5.74) is 1.84. The van der Waals surface area contributed by atoms with Gasteiger partial charge in [-0.15, -0.1) is 0 Å². The molecule has 28 heavy (non-hydrogen) atoms. The van der Waals surface area contributed by atoms with Crippen molar-refractivity contribution in [2.75, 3.05) is 7.11 Å². The number of ketones is 1. The molecule has 0 aromatic heterocycles. The van der Waals surface area contributed by atoms with Gasteiger partial charge in [-0.05, 0) is 70.3 Å². The lowest BCUT2D eigenvalue weighted by atomic mass is 9.55. The smallest absolute Gasteiger partial charge is 0.257 e. The highest BCUT2D eigenvalue weighted by Crippen LogP contribution is 2.52. The van der Waals surface area contributed by atoms with Crippen LogP contribution >= 0.6 is 0 Å². The molecule has 1 unspecified atom stereocenters. The monoisotopic (exact) mass is 385 g/mol. The van der Waals surface area contributed by atoms with E-state index in [4.69, 9.17) is 4.74 Å². The molecule has 0 aromatic rings. The minimum atomic E-state index is -0.904. The van der Waals surface area contributed by atoms with Crippen LogP contribution in [0.3, 0.4) is 0 Å². The lowest BCUT2D eigenvalue weighted by molar-refractivity contribution is -0.128. The second kappa shape index (κ2) is 7.62. The van der Waals surface area contributed by atoms with Crippen molar-refractivity contribution in [1.29, 1.82) is 0 Å². The van der Waals surface area contributed by atoms with E-state index in [2.05, 4.69) is 45.2 Å². The second-order valence-corrected chi connectivity index (χ2v) is 9.43. The first-order valence-electron chi connectivity index (χ1n) is 10.6. The summed E-state index contributed by atoms with van der Waals surface area (Å²) in [4.78, 5) is 26.5. The predicted octanol–water partition coefficient (Wildman–Crippen LogP) is 4.43. The Morgan fingerprint density at radius 3 is 2.57 bits per heavy atom. The molecule has 0 saturated heterocycles. The molecular weight excluding hydrogens is 350 g/mol. The van der Waals surface area contributed by atoms with Gasteiger partial charge >= 0.3 is 0 Å². The van der Waals surface area contributed by atoms with Crippen molar-refractivity contribution in [2.45, 2.75) is 60.1 Å². The number of rotatable bonds is 4. The average molecular weight is 386 g/mol. The highest BCUT2D eigenvalue weighted by molar-refractivity contribution is 6.22. The lowest BCUT2D eigenvalue weighted by Gasteiger charge is -2.48. The van der Waals surface area contributed by atoms with Gasteiger partial charge < -0.3 is 10.1 Å². The zero-order valence-electron chi connectivity index (χ0n) is 18.3. The fourth-order valence-corrected chi connectivity index (χ4v) is 5.97. The maximum Gasteiger partial charge on any atom is 0.257 e. The SMILES string of the molecule is C/C=C(\C)[C@H]1C(C)=C[C@H]2C[C@@H](C)C[C@@H](C)[C@H]2[C@H]1C(=O)C1=CC(C)(OC)NC1=O. The molecule has 4 nitrogen and oxygen atoms in total. The number of amides is 1. The minimum absolute atomic E-state index is 0.0201. The van der Waals surface area contributed by atoms with Crippen LogP contribution in [-0.2, 0) is 14.3 Å². The Labute approximate surface area is 169 Å². The van der Waals surface area contributed by atoms with Gasteiger partial charge in [0.05, 0.1) is 5.57 Å². The number of ether oxygens (including phenoxy) is 1. The first kappa shape index (κ1) is 21.0. The number of fused-ring (bicyclic) bond motifs is 1. The number of carbonyl (C=O) groups excluding carboxylic acids is 2. The first-order chi connectivity index (χ1) is 13.1. The van der Waals surface area contributed by atoms with E-state index in [0.717, 1.165) is 12.8 Å². The molecule has 1 aliphatic heterocycles. The highest BCUT2D eigenvalue weighted by Gasteiger charge is 2.50. The number of methoxy groups -OCH3 is 1. The third-order valence-corrected chi connectivity index (χ3v) is 7.31. The molecular formula is C24H35NO3. The summed E-state index contributed by atoms with van der Waals surface area (Å²) < 4.78 is 5.41. The maximum absolute atomic E-state index is 13.8. The van der Waals surface area contributed by atoms with Crippen LogP contribution in [0.4, 0.5) is 0 Å². The molecule has 0 bridgehead atoms. The van der Waals surface area contributed by atoms with Crippen molar-refractivity contribution >= 4 is 11.7 Å². The Morgan fingerprint density at radius 1 is 1.32 bits per heavy atom. The number of hydrogen-bond donors (Lipinski definition) is 1.